The predicted octanol–water partition coefficient (Wildman–Crippen LogP) is 2.37. The van der Waals surface area contributed by atoms with E-state index in [0.29, 0.717) is 22.5 Å². The van der Waals surface area contributed by atoms with E-state index in [9.17, 15) is 14.0 Å². The van der Waals surface area contributed by atoms with Crippen LogP contribution in [0.5, 0.6) is 0 Å². The van der Waals surface area contributed by atoms with Crippen LogP contribution in [0.15, 0.2) is 64.8 Å². The van der Waals surface area contributed by atoms with Gasteiger partial charge in [-0.15, -0.1) is 0 Å². The summed E-state index contributed by atoms with van der Waals surface area (Å²) in [5.41, 5.74) is 0.339. The number of anilines is 1. The van der Waals surface area contributed by atoms with E-state index in [1.54, 1.807) is 30.5 Å². The van der Waals surface area contributed by atoms with Crippen LogP contribution in [0, 0.1) is 5.82 Å². The first-order chi connectivity index (χ1) is 13.6. The first kappa shape index (κ1) is 17.9. The topological polar surface area (TPSA) is 106 Å². The third-order valence-corrected chi connectivity index (χ3v) is 4.60. The Morgan fingerprint density at radius 2 is 2.14 bits per heavy atom. The largest absolute Gasteiger partial charge is 0.325 e. The molecule has 0 spiro atoms. The lowest BCUT2D eigenvalue weighted by Gasteiger charge is -2.05. The standard InChI is InChI=1S/C18H13FN6O2S/c19-11-4-3-5-12(8-11)22-15(26)10-28-18-23-16-13(17(27)24-18)9-21-25(16)14-6-1-2-7-20-14/h1-9H,10H2,(H,22,26)(H,23,24,27). The van der Waals surface area contributed by atoms with Crippen LogP contribution < -0.4 is 10.9 Å². The number of hydrogen-bond acceptors (Lipinski definition) is 6. The Balaban J connectivity index is 1.54. The number of rotatable bonds is 5. The number of H-pyrrole nitrogens is 1. The van der Waals surface area contributed by atoms with E-state index in [1.807, 2.05) is 0 Å². The lowest BCUT2D eigenvalue weighted by molar-refractivity contribution is -0.113. The third kappa shape index (κ3) is 3.76. The monoisotopic (exact) mass is 396 g/mol. The summed E-state index contributed by atoms with van der Waals surface area (Å²) in [4.78, 5) is 35.6. The molecule has 0 unspecified atom stereocenters. The van der Waals surface area contributed by atoms with Gasteiger partial charge in [0.1, 0.15) is 11.2 Å². The summed E-state index contributed by atoms with van der Waals surface area (Å²) >= 11 is 1.05. The van der Waals surface area contributed by atoms with Crippen molar-refractivity contribution >= 4 is 34.4 Å². The van der Waals surface area contributed by atoms with Crippen molar-refractivity contribution in [1.82, 2.24) is 24.7 Å². The number of aromatic amines is 1. The number of benzene rings is 1. The van der Waals surface area contributed by atoms with E-state index < -0.39 is 5.82 Å². The summed E-state index contributed by atoms with van der Waals surface area (Å²) in [6.45, 7) is 0. The molecule has 0 radical (unpaired) electrons. The summed E-state index contributed by atoms with van der Waals surface area (Å²) in [6.07, 6.45) is 3.03. The molecular formula is C18H13FN6O2S. The summed E-state index contributed by atoms with van der Waals surface area (Å²) in [6, 6.07) is 10.9. The second-order valence-corrected chi connectivity index (χ2v) is 6.66. The van der Waals surface area contributed by atoms with Crippen molar-refractivity contribution in [3.8, 4) is 5.82 Å². The third-order valence-electron chi connectivity index (χ3n) is 3.73. The highest BCUT2D eigenvalue weighted by molar-refractivity contribution is 7.99. The lowest BCUT2D eigenvalue weighted by Crippen LogP contribution is -2.15. The fourth-order valence-corrected chi connectivity index (χ4v) is 3.17. The van der Waals surface area contributed by atoms with Gasteiger partial charge in [0.25, 0.3) is 5.56 Å². The smallest absolute Gasteiger partial charge is 0.262 e. The molecule has 0 saturated heterocycles. The molecule has 0 aliphatic carbocycles. The average molecular weight is 396 g/mol. The van der Waals surface area contributed by atoms with Crippen molar-refractivity contribution in [2.24, 2.45) is 0 Å². The SMILES string of the molecule is O=C(CSc1nc2c(cnn2-c2ccccn2)c(=O)[nH]1)Nc1cccc(F)c1. The van der Waals surface area contributed by atoms with Gasteiger partial charge in [0.15, 0.2) is 16.6 Å². The van der Waals surface area contributed by atoms with Gasteiger partial charge in [-0.3, -0.25) is 9.59 Å². The van der Waals surface area contributed by atoms with Crippen LogP contribution in [0.2, 0.25) is 0 Å². The Kier molecular flexibility index (Phi) is 4.85. The quantitative estimate of drug-likeness (QED) is 0.396. The molecule has 3 heterocycles. The number of hydrogen-bond donors (Lipinski definition) is 2. The summed E-state index contributed by atoms with van der Waals surface area (Å²) < 4.78 is 14.6. The second-order valence-electron chi connectivity index (χ2n) is 5.70. The zero-order valence-corrected chi connectivity index (χ0v) is 15.1. The van der Waals surface area contributed by atoms with Gasteiger partial charge in [0, 0.05) is 11.9 Å². The molecule has 1 aromatic carbocycles. The molecule has 0 saturated carbocycles. The highest BCUT2D eigenvalue weighted by Gasteiger charge is 2.13. The second kappa shape index (κ2) is 7.61. The van der Waals surface area contributed by atoms with Gasteiger partial charge in [-0.1, -0.05) is 23.9 Å². The molecular weight excluding hydrogens is 383 g/mol. The minimum Gasteiger partial charge on any atom is -0.325 e. The first-order valence-corrected chi connectivity index (χ1v) is 9.16. The Bertz CT molecular complexity index is 1210. The molecule has 28 heavy (non-hydrogen) atoms. The average Bonchev–Trinajstić information content (AvgIpc) is 3.12. The summed E-state index contributed by atoms with van der Waals surface area (Å²) in [5.74, 6) is -0.278. The van der Waals surface area contributed by atoms with Gasteiger partial charge in [0.2, 0.25) is 5.91 Å². The number of nitrogens with one attached hydrogen (secondary N) is 2. The minimum atomic E-state index is -0.440. The Morgan fingerprint density at radius 1 is 1.25 bits per heavy atom. The van der Waals surface area contributed by atoms with Crippen molar-refractivity contribution in [3.63, 3.8) is 0 Å². The number of pyridine rings is 1. The van der Waals surface area contributed by atoms with Crippen molar-refractivity contribution in [2.75, 3.05) is 11.1 Å². The maximum absolute atomic E-state index is 13.2. The molecule has 0 bridgehead atoms. The van der Waals surface area contributed by atoms with E-state index in [0.717, 1.165) is 11.8 Å². The molecule has 10 heteroatoms. The number of thioether (sulfide) groups is 1. The lowest BCUT2D eigenvalue weighted by atomic mass is 10.3. The maximum Gasteiger partial charge on any atom is 0.262 e. The van der Waals surface area contributed by atoms with Gasteiger partial charge >= 0.3 is 0 Å². The summed E-state index contributed by atoms with van der Waals surface area (Å²) in [7, 11) is 0. The van der Waals surface area contributed by atoms with Crippen LogP contribution >= 0.6 is 11.8 Å². The van der Waals surface area contributed by atoms with E-state index in [4.69, 9.17) is 0 Å². The minimum absolute atomic E-state index is 0.0112. The summed E-state index contributed by atoms with van der Waals surface area (Å²) in [5, 5.41) is 7.35. The fourth-order valence-electron chi connectivity index (χ4n) is 2.51. The zero-order chi connectivity index (χ0) is 19.5. The van der Waals surface area contributed by atoms with Crippen LogP contribution in [0.3, 0.4) is 0 Å². The normalized spacial score (nSPS) is 10.9. The molecule has 0 aliphatic heterocycles. The molecule has 1 amide bonds. The van der Waals surface area contributed by atoms with Crippen LogP contribution in [-0.4, -0.2) is 36.4 Å². The van der Waals surface area contributed by atoms with Crippen molar-refractivity contribution in [2.45, 2.75) is 5.16 Å². The number of aromatic nitrogens is 5. The van der Waals surface area contributed by atoms with E-state index in [1.165, 1.54) is 29.1 Å². The zero-order valence-electron chi connectivity index (χ0n) is 14.3. The number of carbonyl (C=O) groups excluding carboxylic acids is 1. The number of amides is 1. The van der Waals surface area contributed by atoms with Crippen LogP contribution in [-0.2, 0) is 4.79 Å². The molecule has 0 aliphatic rings. The fraction of sp³-hybridized carbons (Fsp3) is 0.0556. The van der Waals surface area contributed by atoms with Gasteiger partial charge < -0.3 is 10.3 Å². The van der Waals surface area contributed by atoms with E-state index >= 15 is 0 Å². The Hall–Kier alpha value is -3.53. The van der Waals surface area contributed by atoms with Crippen molar-refractivity contribution in [3.05, 3.63) is 71.0 Å². The van der Waals surface area contributed by atoms with Crippen molar-refractivity contribution in [1.29, 1.82) is 0 Å². The molecule has 4 rings (SSSR count). The maximum atomic E-state index is 13.2. The molecule has 8 nitrogen and oxygen atoms in total. The molecule has 0 fully saturated rings. The van der Waals surface area contributed by atoms with Crippen LogP contribution in [0.4, 0.5) is 10.1 Å². The predicted molar refractivity (Wildman–Crippen MR) is 103 cm³/mol. The van der Waals surface area contributed by atoms with Crippen LogP contribution in [0.1, 0.15) is 0 Å². The van der Waals surface area contributed by atoms with E-state index in [2.05, 4.69) is 25.4 Å². The first-order valence-electron chi connectivity index (χ1n) is 8.18. The van der Waals surface area contributed by atoms with Crippen molar-refractivity contribution < 1.29 is 9.18 Å². The molecule has 140 valence electrons. The number of fused-ring (bicyclic) bond motifs is 1. The van der Waals surface area contributed by atoms with Gasteiger partial charge in [-0.2, -0.15) is 9.78 Å². The number of carbonyl (C=O) groups is 1. The molecule has 2 N–H and O–H groups in total. The Labute approximate surface area is 161 Å². The Morgan fingerprint density at radius 3 is 2.93 bits per heavy atom. The van der Waals surface area contributed by atoms with Gasteiger partial charge in [-0.25, -0.2) is 14.4 Å². The molecule has 3 aromatic heterocycles. The highest BCUT2D eigenvalue weighted by Crippen LogP contribution is 2.17. The van der Waals surface area contributed by atoms with Gasteiger partial charge in [-0.05, 0) is 30.3 Å². The van der Waals surface area contributed by atoms with E-state index in [-0.39, 0.29) is 22.4 Å². The number of halogens is 1. The van der Waals surface area contributed by atoms with Crippen LogP contribution in [0.25, 0.3) is 16.9 Å². The number of nitrogens with zero attached hydrogens (tertiary/aromatic N) is 4. The van der Waals surface area contributed by atoms with Gasteiger partial charge in [0.05, 0.1) is 11.9 Å². The highest BCUT2D eigenvalue weighted by atomic mass is 32.2. The molecule has 0 atom stereocenters. The molecule has 4 aromatic rings.